The summed E-state index contributed by atoms with van der Waals surface area (Å²) in [6.07, 6.45) is 4.42. The fraction of sp³-hybridized carbons (Fsp3) is 0.455. The molecular formula is C22H23ClFN3O3. The number of aromatic nitrogens is 2. The lowest BCUT2D eigenvalue weighted by Gasteiger charge is -2.18. The monoisotopic (exact) mass is 431 g/mol. The number of halogens is 2. The number of aliphatic hydroxyl groups excluding tert-OH is 1. The molecule has 30 heavy (non-hydrogen) atoms. The Morgan fingerprint density at radius 3 is 2.73 bits per heavy atom. The minimum Gasteiger partial charge on any atom is -0.384 e. The first-order valence-electron chi connectivity index (χ1n) is 9.90. The number of aliphatic hydroxyl groups is 2. The first-order chi connectivity index (χ1) is 14.3. The largest absolute Gasteiger partial charge is 0.384 e. The van der Waals surface area contributed by atoms with E-state index < -0.39 is 11.4 Å². The van der Waals surface area contributed by atoms with Gasteiger partial charge in [-0.2, -0.15) is 0 Å². The molecule has 0 radical (unpaired) electrons. The summed E-state index contributed by atoms with van der Waals surface area (Å²) in [7, 11) is 1.77. The van der Waals surface area contributed by atoms with Gasteiger partial charge in [0.15, 0.2) is 0 Å². The van der Waals surface area contributed by atoms with Crippen molar-refractivity contribution >= 4 is 23.2 Å². The highest BCUT2D eigenvalue weighted by atomic mass is 35.5. The molecule has 2 aromatic rings. The van der Waals surface area contributed by atoms with Crippen molar-refractivity contribution in [2.45, 2.75) is 37.2 Å². The van der Waals surface area contributed by atoms with Crippen LogP contribution < -0.4 is 5.32 Å². The van der Waals surface area contributed by atoms with Crippen molar-refractivity contribution in [3.8, 4) is 11.8 Å². The highest BCUT2D eigenvalue weighted by Gasteiger charge is 2.49. The molecule has 0 aliphatic heterocycles. The van der Waals surface area contributed by atoms with Crippen LogP contribution in [0.3, 0.4) is 0 Å². The van der Waals surface area contributed by atoms with Crippen molar-refractivity contribution in [2.75, 3.05) is 11.9 Å². The molecule has 8 heteroatoms. The van der Waals surface area contributed by atoms with E-state index in [2.05, 4.69) is 22.1 Å². The second-order valence-corrected chi connectivity index (χ2v) is 8.67. The number of fused-ring (bicyclic) bond motifs is 1. The zero-order valence-corrected chi connectivity index (χ0v) is 17.3. The molecule has 2 atom stereocenters. The number of hydrogen-bond donors (Lipinski definition) is 3. The lowest BCUT2D eigenvalue weighted by Crippen LogP contribution is -2.24. The van der Waals surface area contributed by atoms with Gasteiger partial charge in [-0.1, -0.05) is 23.4 Å². The van der Waals surface area contributed by atoms with Gasteiger partial charge in [0.25, 0.3) is 5.91 Å². The lowest BCUT2D eigenvalue weighted by molar-refractivity contribution is 0.0977. The van der Waals surface area contributed by atoms with Crippen LogP contribution >= 0.6 is 11.6 Å². The fourth-order valence-corrected chi connectivity index (χ4v) is 5.16. The maximum Gasteiger partial charge on any atom is 0.274 e. The molecule has 1 aromatic heterocycles. The third-order valence-corrected chi connectivity index (χ3v) is 6.48. The Bertz CT molecular complexity index is 1030. The summed E-state index contributed by atoms with van der Waals surface area (Å²) >= 11 is 5.81. The predicted molar refractivity (Wildman–Crippen MR) is 111 cm³/mol. The topological polar surface area (TPSA) is 87.4 Å². The zero-order valence-electron chi connectivity index (χ0n) is 16.5. The van der Waals surface area contributed by atoms with Crippen molar-refractivity contribution < 1.29 is 19.4 Å². The van der Waals surface area contributed by atoms with Crippen LogP contribution in [0, 0.1) is 29.5 Å². The van der Waals surface area contributed by atoms with Crippen molar-refractivity contribution in [3.63, 3.8) is 0 Å². The van der Waals surface area contributed by atoms with Crippen molar-refractivity contribution in [2.24, 2.45) is 18.9 Å². The Kier molecular flexibility index (Phi) is 5.58. The second-order valence-electron chi connectivity index (χ2n) is 8.26. The summed E-state index contributed by atoms with van der Waals surface area (Å²) in [5.74, 6) is 5.24. The van der Waals surface area contributed by atoms with Crippen LogP contribution in [0.2, 0.25) is 5.02 Å². The van der Waals surface area contributed by atoms with Gasteiger partial charge in [0.2, 0.25) is 0 Å². The van der Waals surface area contributed by atoms with E-state index >= 15 is 0 Å². The van der Waals surface area contributed by atoms with E-state index in [1.807, 2.05) is 0 Å². The molecule has 2 aliphatic carbocycles. The van der Waals surface area contributed by atoms with Crippen LogP contribution in [0.4, 0.5) is 10.1 Å². The number of rotatable bonds is 3. The van der Waals surface area contributed by atoms with Gasteiger partial charge in [-0.05, 0) is 55.7 Å². The lowest BCUT2D eigenvalue weighted by atomic mass is 9.92. The standard InChI is InChI=1S/C22H23ClFN3O3/c1-27-12-25-19(20(27)21(29)26-16-3-4-18(24)17(23)9-16)13-7-14-10-22(30,5-2-6-28)11-15(14)8-13/h3-4,9,12-15,28,30H,6-8,10-11H2,1H3,(H,26,29). The average Bonchev–Trinajstić information content (AvgIpc) is 3.34. The Labute approximate surface area is 179 Å². The molecule has 1 amide bonds. The first-order valence-corrected chi connectivity index (χ1v) is 10.3. The van der Waals surface area contributed by atoms with E-state index in [1.165, 1.54) is 18.2 Å². The second kappa shape index (κ2) is 8.03. The number of nitrogens with zero attached hydrogens (tertiary/aromatic N) is 2. The highest BCUT2D eigenvalue weighted by molar-refractivity contribution is 6.31. The number of amides is 1. The number of benzene rings is 1. The van der Waals surface area contributed by atoms with Gasteiger partial charge in [-0.25, -0.2) is 9.37 Å². The molecule has 2 saturated carbocycles. The number of hydrogen-bond acceptors (Lipinski definition) is 4. The Hall–Kier alpha value is -2.40. The highest BCUT2D eigenvalue weighted by Crippen LogP contribution is 2.53. The van der Waals surface area contributed by atoms with Gasteiger partial charge in [0.05, 0.1) is 17.0 Å². The van der Waals surface area contributed by atoms with Crippen molar-refractivity contribution in [1.82, 2.24) is 9.55 Å². The van der Waals surface area contributed by atoms with Gasteiger partial charge in [-0.15, -0.1) is 0 Å². The Balaban J connectivity index is 1.50. The minimum atomic E-state index is -1.03. The van der Waals surface area contributed by atoms with Gasteiger partial charge >= 0.3 is 0 Å². The maximum atomic E-state index is 13.4. The molecule has 158 valence electrons. The molecular weight excluding hydrogens is 409 g/mol. The summed E-state index contributed by atoms with van der Waals surface area (Å²) < 4.78 is 15.1. The van der Waals surface area contributed by atoms with Gasteiger partial charge in [0.1, 0.15) is 23.7 Å². The number of anilines is 1. The molecule has 6 nitrogen and oxygen atoms in total. The number of aryl methyl sites for hydroxylation is 1. The number of carbonyl (C=O) groups is 1. The smallest absolute Gasteiger partial charge is 0.274 e. The molecule has 0 spiro atoms. The third kappa shape index (κ3) is 3.95. The van der Waals surface area contributed by atoms with Gasteiger partial charge < -0.3 is 20.1 Å². The summed E-state index contributed by atoms with van der Waals surface area (Å²) in [5.41, 5.74) is 0.586. The molecule has 2 fully saturated rings. The van der Waals surface area contributed by atoms with E-state index in [0.29, 0.717) is 36.1 Å². The van der Waals surface area contributed by atoms with Crippen molar-refractivity contribution in [1.29, 1.82) is 0 Å². The Morgan fingerprint density at radius 1 is 1.40 bits per heavy atom. The van der Waals surface area contributed by atoms with Crippen molar-refractivity contribution in [3.05, 3.63) is 46.8 Å². The number of carbonyl (C=O) groups excluding carboxylic acids is 1. The molecule has 3 N–H and O–H groups in total. The normalized spacial score (nSPS) is 27.4. The molecule has 1 heterocycles. The third-order valence-electron chi connectivity index (χ3n) is 6.19. The van der Waals surface area contributed by atoms with Crippen LogP contribution in [0.15, 0.2) is 24.5 Å². The van der Waals surface area contributed by atoms with Gasteiger partial charge in [0, 0.05) is 18.7 Å². The summed E-state index contributed by atoms with van der Waals surface area (Å²) in [6, 6.07) is 4.05. The Morgan fingerprint density at radius 2 is 2.10 bits per heavy atom. The number of nitrogens with one attached hydrogen (secondary N) is 1. The quantitative estimate of drug-likeness (QED) is 0.652. The maximum absolute atomic E-state index is 13.4. The van der Waals surface area contributed by atoms with Crippen LogP contribution in [0.1, 0.15) is 47.8 Å². The average molecular weight is 432 g/mol. The van der Waals surface area contributed by atoms with Gasteiger partial charge in [-0.3, -0.25) is 4.79 Å². The van der Waals surface area contributed by atoms with E-state index in [9.17, 15) is 14.3 Å². The SMILES string of the molecule is Cn1cnc(C2CC3CC(O)(C#CCO)CC3C2)c1C(=O)Nc1ccc(F)c(Cl)c1. The van der Waals surface area contributed by atoms with E-state index in [4.69, 9.17) is 16.7 Å². The van der Waals surface area contributed by atoms with Crippen LogP contribution in [-0.2, 0) is 7.05 Å². The van der Waals surface area contributed by atoms with Crippen LogP contribution in [0.5, 0.6) is 0 Å². The zero-order chi connectivity index (χ0) is 21.5. The molecule has 2 unspecified atom stereocenters. The predicted octanol–water partition coefficient (Wildman–Crippen LogP) is 3.10. The minimum absolute atomic E-state index is 0.0570. The first kappa shape index (κ1) is 20.9. The molecule has 4 rings (SSSR count). The van der Waals surface area contributed by atoms with E-state index in [-0.39, 0.29) is 23.5 Å². The molecule has 1 aromatic carbocycles. The number of imidazole rings is 1. The van der Waals surface area contributed by atoms with Crippen LogP contribution in [0.25, 0.3) is 0 Å². The van der Waals surface area contributed by atoms with E-state index in [0.717, 1.165) is 18.5 Å². The molecule has 2 aliphatic rings. The van der Waals surface area contributed by atoms with Crippen LogP contribution in [-0.4, -0.2) is 37.9 Å². The summed E-state index contributed by atoms with van der Waals surface area (Å²) in [4.78, 5) is 17.4. The fourth-order valence-electron chi connectivity index (χ4n) is 4.98. The van der Waals surface area contributed by atoms with E-state index in [1.54, 1.807) is 17.9 Å². The summed E-state index contributed by atoms with van der Waals surface area (Å²) in [5, 5.41) is 22.2. The molecule has 0 bridgehead atoms. The molecule has 0 saturated heterocycles. The summed E-state index contributed by atoms with van der Waals surface area (Å²) in [6.45, 7) is -0.258.